The molecule has 0 unspecified atom stereocenters. The molecule has 0 amide bonds. The Bertz CT molecular complexity index is 383. The number of halogens is 1. The third kappa shape index (κ3) is 18.6. The average Bonchev–Trinajstić information content (AvgIpc) is 2.75. The minimum Gasteiger partial charge on any atom is -0.373 e. The lowest BCUT2D eigenvalue weighted by atomic mass is 10.3. The van der Waals surface area contributed by atoms with E-state index in [4.69, 9.17) is 13.3 Å². The van der Waals surface area contributed by atoms with Crippen molar-refractivity contribution >= 4 is 24.7 Å². The fourth-order valence-electron chi connectivity index (χ4n) is 2.83. The molecule has 0 aliphatic heterocycles. The van der Waals surface area contributed by atoms with Crippen LogP contribution >= 0.6 is 15.9 Å². The van der Waals surface area contributed by atoms with Crippen LogP contribution in [0.1, 0.15) is 91.4 Å². The maximum atomic E-state index is 6.39. The van der Waals surface area contributed by atoms with Crippen LogP contribution in [0.5, 0.6) is 0 Å². The molecule has 0 aliphatic carbocycles. The van der Waals surface area contributed by atoms with E-state index in [2.05, 4.69) is 73.2 Å². The number of hydrogen-bond donors (Lipinski definition) is 0. The number of unbranched alkanes of at least 4 members (excludes halogenated alkanes) is 4. The first-order valence-electron chi connectivity index (χ1n) is 12.2. The molecule has 0 saturated heterocycles. The summed E-state index contributed by atoms with van der Waals surface area (Å²) in [5.41, 5.74) is 0. The van der Waals surface area contributed by atoms with Crippen molar-refractivity contribution in [2.45, 2.75) is 97.4 Å². The Labute approximate surface area is 196 Å². The summed E-state index contributed by atoms with van der Waals surface area (Å²) in [7, 11) is -2.66. The van der Waals surface area contributed by atoms with Gasteiger partial charge in [-0.3, -0.25) is 0 Å². The molecule has 0 bridgehead atoms. The average molecular weight is 504 g/mol. The van der Waals surface area contributed by atoms with Gasteiger partial charge in [0.2, 0.25) is 0 Å². The number of allylic oxidation sites excluding steroid dienone is 3. The Balaban J connectivity index is 4.85. The van der Waals surface area contributed by atoms with Crippen LogP contribution in [0.4, 0.5) is 0 Å². The molecule has 0 saturated carbocycles. The van der Waals surface area contributed by atoms with Crippen LogP contribution < -0.4 is 0 Å². The molecule has 0 aromatic carbocycles. The molecular weight excluding hydrogens is 456 g/mol. The highest BCUT2D eigenvalue weighted by atomic mass is 79.9. The maximum Gasteiger partial charge on any atom is 0.500 e. The lowest BCUT2D eigenvalue weighted by Gasteiger charge is -2.29. The third-order valence-corrected chi connectivity index (χ3v) is 8.01. The molecule has 0 fully saturated rings. The minimum atomic E-state index is -2.66. The molecule has 30 heavy (non-hydrogen) atoms. The van der Waals surface area contributed by atoms with E-state index in [1.165, 1.54) is 19.3 Å². The van der Waals surface area contributed by atoms with Gasteiger partial charge in [0, 0.05) is 31.2 Å². The zero-order valence-corrected chi connectivity index (χ0v) is 22.5. The number of rotatable bonds is 22. The van der Waals surface area contributed by atoms with E-state index in [0.717, 1.165) is 62.7 Å². The molecule has 5 heteroatoms. The summed E-state index contributed by atoms with van der Waals surface area (Å²) in [6.07, 6.45) is 25.3. The molecule has 0 heterocycles. The SMILES string of the molecule is CCC/C=C\CCO[Si](CCCCBr)(OCC/C=C\CCC)OCC/C=C\CCC. The molecule has 0 aliphatic rings. The summed E-state index contributed by atoms with van der Waals surface area (Å²) >= 11 is 3.55. The van der Waals surface area contributed by atoms with Crippen molar-refractivity contribution in [3.05, 3.63) is 36.5 Å². The van der Waals surface area contributed by atoms with Crippen molar-refractivity contribution in [3.8, 4) is 0 Å². The van der Waals surface area contributed by atoms with Gasteiger partial charge in [-0.15, -0.1) is 0 Å². The monoisotopic (exact) mass is 502 g/mol. The van der Waals surface area contributed by atoms with Gasteiger partial charge in [-0.25, -0.2) is 0 Å². The van der Waals surface area contributed by atoms with Crippen LogP contribution in [0, 0.1) is 0 Å². The van der Waals surface area contributed by atoms with Gasteiger partial charge in [0.1, 0.15) is 0 Å². The Morgan fingerprint density at radius 3 is 1.27 bits per heavy atom. The highest BCUT2D eigenvalue weighted by molar-refractivity contribution is 9.09. The van der Waals surface area contributed by atoms with E-state index in [0.29, 0.717) is 19.8 Å². The number of alkyl halides is 1. The van der Waals surface area contributed by atoms with Crippen molar-refractivity contribution < 1.29 is 13.3 Å². The fraction of sp³-hybridized carbons (Fsp3) is 0.760. The first-order chi connectivity index (χ1) is 14.7. The second kappa shape index (κ2) is 23.5. The van der Waals surface area contributed by atoms with Crippen molar-refractivity contribution in [2.24, 2.45) is 0 Å². The van der Waals surface area contributed by atoms with Crippen molar-refractivity contribution in [2.75, 3.05) is 25.2 Å². The summed E-state index contributed by atoms with van der Waals surface area (Å²) in [4.78, 5) is 0. The first-order valence-corrected chi connectivity index (χ1v) is 15.2. The highest BCUT2D eigenvalue weighted by Crippen LogP contribution is 2.21. The maximum absolute atomic E-state index is 6.39. The van der Waals surface area contributed by atoms with Gasteiger partial charge in [0.25, 0.3) is 0 Å². The standard InChI is InChI=1S/C25H47BrO3Si/c1-4-7-10-13-17-22-27-30(25-20-16-21-26,28-23-18-14-11-8-5-2)29-24-19-15-12-9-6-3/h10-15H,4-9,16-25H2,1-3H3/b13-10-,14-11-,15-12-. The molecule has 0 aromatic heterocycles. The van der Waals surface area contributed by atoms with Gasteiger partial charge in [-0.2, -0.15) is 0 Å². The zero-order chi connectivity index (χ0) is 22.2. The normalized spacial score (nSPS) is 12.8. The van der Waals surface area contributed by atoms with Gasteiger partial charge >= 0.3 is 8.80 Å². The predicted octanol–water partition coefficient (Wildman–Crippen LogP) is 8.39. The summed E-state index contributed by atoms with van der Waals surface area (Å²) in [6, 6.07) is 0.897. The van der Waals surface area contributed by atoms with Crippen LogP contribution in [0.15, 0.2) is 36.5 Å². The van der Waals surface area contributed by atoms with Crippen LogP contribution in [0.3, 0.4) is 0 Å². The molecule has 0 atom stereocenters. The lowest BCUT2D eigenvalue weighted by molar-refractivity contribution is 0.0623. The quantitative estimate of drug-likeness (QED) is 0.0643. The molecule has 176 valence electrons. The summed E-state index contributed by atoms with van der Waals surface area (Å²) in [5.74, 6) is 0. The third-order valence-electron chi connectivity index (χ3n) is 4.55. The molecule has 0 radical (unpaired) electrons. The summed E-state index contributed by atoms with van der Waals surface area (Å²) in [6.45, 7) is 8.64. The Morgan fingerprint density at radius 2 is 0.933 bits per heavy atom. The lowest BCUT2D eigenvalue weighted by Crippen LogP contribution is -2.46. The van der Waals surface area contributed by atoms with Gasteiger partial charge in [0.05, 0.1) is 0 Å². The second-order valence-electron chi connectivity index (χ2n) is 7.52. The molecule has 0 spiro atoms. The van der Waals surface area contributed by atoms with Gasteiger partial charge in [0.15, 0.2) is 0 Å². The first kappa shape index (κ1) is 29.8. The van der Waals surface area contributed by atoms with E-state index < -0.39 is 8.80 Å². The summed E-state index contributed by atoms with van der Waals surface area (Å²) in [5, 5.41) is 1.01. The van der Waals surface area contributed by atoms with E-state index in [9.17, 15) is 0 Å². The fourth-order valence-corrected chi connectivity index (χ4v) is 5.88. The van der Waals surface area contributed by atoms with Crippen LogP contribution in [0.2, 0.25) is 6.04 Å². The second-order valence-corrected chi connectivity index (χ2v) is 11.0. The molecule has 3 nitrogen and oxygen atoms in total. The van der Waals surface area contributed by atoms with Crippen molar-refractivity contribution in [1.29, 1.82) is 0 Å². The largest absolute Gasteiger partial charge is 0.500 e. The number of hydrogen-bond acceptors (Lipinski definition) is 3. The zero-order valence-electron chi connectivity index (χ0n) is 19.9. The molecule has 0 rings (SSSR count). The highest BCUT2D eigenvalue weighted by Gasteiger charge is 2.40. The van der Waals surface area contributed by atoms with Crippen molar-refractivity contribution in [1.82, 2.24) is 0 Å². The van der Waals surface area contributed by atoms with Crippen molar-refractivity contribution in [3.63, 3.8) is 0 Å². The van der Waals surface area contributed by atoms with Crippen LogP contribution in [-0.2, 0) is 13.3 Å². The molecule has 0 N–H and O–H groups in total. The Hall–Kier alpha value is -0.203. The van der Waals surface area contributed by atoms with E-state index in [-0.39, 0.29) is 0 Å². The van der Waals surface area contributed by atoms with E-state index in [1.54, 1.807) is 0 Å². The van der Waals surface area contributed by atoms with Gasteiger partial charge in [-0.05, 0) is 51.4 Å². The molecule has 0 aromatic rings. The minimum absolute atomic E-state index is 0.679. The Kier molecular flexibility index (Phi) is 23.3. The van der Waals surface area contributed by atoms with Crippen LogP contribution in [0.25, 0.3) is 0 Å². The summed E-state index contributed by atoms with van der Waals surface area (Å²) < 4.78 is 19.2. The smallest absolute Gasteiger partial charge is 0.373 e. The van der Waals surface area contributed by atoms with Crippen LogP contribution in [-0.4, -0.2) is 34.0 Å². The Morgan fingerprint density at radius 1 is 0.567 bits per heavy atom. The topological polar surface area (TPSA) is 27.7 Å². The predicted molar refractivity (Wildman–Crippen MR) is 137 cm³/mol. The van der Waals surface area contributed by atoms with E-state index >= 15 is 0 Å². The van der Waals surface area contributed by atoms with Gasteiger partial charge < -0.3 is 13.3 Å². The van der Waals surface area contributed by atoms with E-state index in [1.807, 2.05) is 0 Å². The molecular formula is C25H47BrO3Si. The van der Waals surface area contributed by atoms with Gasteiger partial charge in [-0.1, -0.05) is 92.4 Å².